The number of halogens is 3. The molecule has 1 heterocycles. The van der Waals surface area contributed by atoms with Gasteiger partial charge in [-0.1, -0.05) is 34.8 Å². The number of rotatable bonds is 1. The minimum atomic E-state index is -1.75. The quantitative estimate of drug-likeness (QED) is 0.359. The Hall–Kier alpha value is -1.36. The van der Waals surface area contributed by atoms with E-state index in [9.17, 15) is 14.4 Å². The van der Waals surface area contributed by atoms with E-state index in [1.54, 1.807) is 30.6 Å². The van der Waals surface area contributed by atoms with E-state index in [1.807, 2.05) is 20.8 Å². The molecule has 210 valence electrons. The average Bonchev–Trinajstić information content (AvgIpc) is 2.69. The van der Waals surface area contributed by atoms with Crippen molar-refractivity contribution in [3.63, 3.8) is 0 Å². The highest BCUT2D eigenvalue weighted by Crippen LogP contribution is 2.26. The van der Waals surface area contributed by atoms with Crippen molar-refractivity contribution in [1.82, 2.24) is 20.0 Å². The number of nitrogens with one attached hydrogen (secondary N) is 1. The minimum Gasteiger partial charge on any atom is -0.445 e. The van der Waals surface area contributed by atoms with Crippen molar-refractivity contribution in [2.24, 2.45) is 0 Å². The van der Waals surface area contributed by atoms with E-state index in [1.165, 1.54) is 4.90 Å². The molecule has 0 spiro atoms. The van der Waals surface area contributed by atoms with Crippen LogP contribution in [0.2, 0.25) is 0 Å². The van der Waals surface area contributed by atoms with Gasteiger partial charge in [-0.25, -0.2) is 14.4 Å². The van der Waals surface area contributed by atoms with E-state index >= 15 is 0 Å². The summed E-state index contributed by atoms with van der Waals surface area (Å²) in [5, 5.41) is 3.30. The molecule has 0 atom stereocenters. The number of alkyl halides is 3. The summed E-state index contributed by atoms with van der Waals surface area (Å²) in [6.07, 6.45) is -0.445. The summed E-state index contributed by atoms with van der Waals surface area (Å²) >= 11 is 17.2. The van der Waals surface area contributed by atoms with Crippen molar-refractivity contribution in [3.05, 3.63) is 0 Å². The number of nitrogens with zero attached hydrogens (tertiary/aromatic N) is 3. The first-order valence-electron chi connectivity index (χ1n) is 12.1. The molecule has 36 heavy (non-hydrogen) atoms. The lowest BCUT2D eigenvalue weighted by molar-refractivity contribution is 0.0199. The van der Waals surface area contributed by atoms with Gasteiger partial charge in [-0.2, -0.15) is 0 Å². The molecule has 0 saturated carbocycles. The molecule has 1 N–H and O–H groups in total. The predicted molar refractivity (Wildman–Crippen MR) is 141 cm³/mol. The molecule has 1 saturated heterocycles. The minimum absolute atomic E-state index is 0.178. The highest BCUT2D eigenvalue weighted by atomic mass is 35.6. The van der Waals surface area contributed by atoms with Gasteiger partial charge < -0.3 is 34.2 Å². The lowest BCUT2D eigenvalue weighted by Gasteiger charge is -2.31. The van der Waals surface area contributed by atoms with Crippen LogP contribution in [-0.4, -0.2) is 107 Å². The molecule has 10 nitrogen and oxygen atoms in total. The van der Waals surface area contributed by atoms with Gasteiger partial charge in [-0.3, -0.25) is 0 Å². The number of carbonyl (C=O) groups is 3. The molecule has 3 amide bonds. The lowest BCUT2D eigenvalue weighted by Crippen LogP contribution is -2.46. The Kier molecular flexibility index (Phi) is 13.2. The van der Waals surface area contributed by atoms with Gasteiger partial charge in [-0.05, 0) is 60.9 Å². The topological polar surface area (TPSA) is 101 Å². The van der Waals surface area contributed by atoms with E-state index in [-0.39, 0.29) is 19.6 Å². The van der Waals surface area contributed by atoms with Crippen LogP contribution in [0.25, 0.3) is 0 Å². The Bertz CT molecular complexity index is 722. The molecular weight excluding hydrogens is 535 g/mol. The van der Waals surface area contributed by atoms with Crippen molar-refractivity contribution >= 4 is 53.1 Å². The number of carbonyl (C=O) groups excluding carboxylic acids is 3. The van der Waals surface area contributed by atoms with Crippen LogP contribution in [0.1, 0.15) is 54.4 Å². The zero-order chi connectivity index (χ0) is 27.6. The van der Waals surface area contributed by atoms with Gasteiger partial charge in [-0.15, -0.1) is 0 Å². The van der Waals surface area contributed by atoms with Crippen molar-refractivity contribution in [2.45, 2.75) is 69.4 Å². The molecule has 0 bridgehead atoms. The van der Waals surface area contributed by atoms with Crippen LogP contribution in [0.5, 0.6) is 0 Å². The van der Waals surface area contributed by atoms with E-state index in [0.717, 1.165) is 0 Å². The molecule has 0 aromatic heterocycles. The number of ether oxygens (including phenoxy) is 3. The van der Waals surface area contributed by atoms with Gasteiger partial charge in [0.2, 0.25) is 3.79 Å². The van der Waals surface area contributed by atoms with Crippen LogP contribution in [0.15, 0.2) is 0 Å². The van der Waals surface area contributed by atoms with Crippen LogP contribution in [0, 0.1) is 0 Å². The first-order valence-corrected chi connectivity index (χ1v) is 13.3. The summed E-state index contributed by atoms with van der Waals surface area (Å²) in [6.45, 7) is 13.5. The maximum Gasteiger partial charge on any atom is 0.410 e. The van der Waals surface area contributed by atoms with E-state index in [0.29, 0.717) is 45.6 Å². The molecule has 0 aromatic rings. The van der Waals surface area contributed by atoms with Gasteiger partial charge in [0, 0.05) is 45.8 Å². The van der Waals surface area contributed by atoms with Crippen LogP contribution in [0.3, 0.4) is 0 Å². The van der Waals surface area contributed by atoms with Gasteiger partial charge >= 0.3 is 18.3 Å². The Morgan fingerprint density at radius 2 is 1.11 bits per heavy atom. The number of hydrogen-bond donors (Lipinski definition) is 1. The molecule has 0 radical (unpaired) electrons. The van der Waals surface area contributed by atoms with Crippen molar-refractivity contribution < 1.29 is 28.6 Å². The summed E-state index contributed by atoms with van der Waals surface area (Å²) < 4.78 is 14.5. The maximum atomic E-state index is 12.8. The fourth-order valence-electron chi connectivity index (χ4n) is 3.20. The molecular formula is C23H41Cl3N4O6. The summed E-state index contributed by atoms with van der Waals surface area (Å²) in [5.41, 5.74) is -1.27. The van der Waals surface area contributed by atoms with Crippen molar-refractivity contribution in [2.75, 3.05) is 59.0 Å². The molecule has 1 fully saturated rings. The molecule has 0 aliphatic carbocycles. The zero-order valence-electron chi connectivity index (χ0n) is 22.2. The van der Waals surface area contributed by atoms with Gasteiger partial charge in [0.15, 0.2) is 0 Å². The van der Waals surface area contributed by atoms with Gasteiger partial charge in [0.25, 0.3) is 0 Å². The first-order chi connectivity index (χ1) is 16.5. The van der Waals surface area contributed by atoms with Crippen LogP contribution >= 0.6 is 34.8 Å². The van der Waals surface area contributed by atoms with Crippen LogP contribution in [0.4, 0.5) is 14.4 Å². The van der Waals surface area contributed by atoms with Gasteiger partial charge in [0.1, 0.15) is 17.8 Å². The lowest BCUT2D eigenvalue weighted by atomic mass is 10.2. The smallest absolute Gasteiger partial charge is 0.410 e. The van der Waals surface area contributed by atoms with E-state index in [2.05, 4.69) is 5.32 Å². The molecule has 1 rings (SSSR count). The van der Waals surface area contributed by atoms with Crippen molar-refractivity contribution in [3.8, 4) is 0 Å². The van der Waals surface area contributed by atoms with E-state index in [4.69, 9.17) is 49.0 Å². The fraction of sp³-hybridized carbons (Fsp3) is 0.870. The fourth-order valence-corrected chi connectivity index (χ4v) is 3.36. The number of amides is 3. The third kappa shape index (κ3) is 15.0. The second-order valence-corrected chi connectivity index (χ2v) is 13.1. The third-order valence-corrected chi connectivity index (χ3v) is 5.08. The maximum absolute atomic E-state index is 12.8. The average molecular weight is 576 g/mol. The largest absolute Gasteiger partial charge is 0.445 e. The van der Waals surface area contributed by atoms with E-state index < -0.39 is 39.9 Å². The predicted octanol–water partition coefficient (Wildman–Crippen LogP) is 4.65. The highest BCUT2D eigenvalue weighted by molar-refractivity contribution is 6.67. The standard InChI is InChI=1S/C23H41Cl3N4O6/c1-21(2,3)35-19(32)28-12-8-13-29(18(31)34-17-23(24,25)26)15-16-30(11-7-9-27-10-14-28)20(33)36-22(4,5)6/h27H,7-17H2,1-6H3. The summed E-state index contributed by atoms with van der Waals surface area (Å²) in [7, 11) is 0. The third-order valence-electron chi connectivity index (χ3n) is 4.76. The molecule has 13 heteroatoms. The molecule has 0 aromatic carbocycles. The summed E-state index contributed by atoms with van der Waals surface area (Å²) in [5.74, 6) is 0. The van der Waals surface area contributed by atoms with Crippen LogP contribution in [-0.2, 0) is 14.2 Å². The summed E-state index contributed by atoms with van der Waals surface area (Å²) in [4.78, 5) is 42.8. The first kappa shape index (κ1) is 32.7. The van der Waals surface area contributed by atoms with Crippen molar-refractivity contribution in [1.29, 1.82) is 0 Å². The molecule has 1 aliphatic heterocycles. The Morgan fingerprint density at radius 3 is 1.58 bits per heavy atom. The zero-order valence-corrected chi connectivity index (χ0v) is 24.5. The number of hydrogen-bond acceptors (Lipinski definition) is 7. The molecule has 0 unspecified atom stereocenters. The monoisotopic (exact) mass is 574 g/mol. The highest BCUT2D eigenvalue weighted by Gasteiger charge is 2.28. The Balaban J connectivity index is 2.99. The SMILES string of the molecule is CC(C)(C)OC(=O)N1CCCN(C(=O)OCC(Cl)(Cl)Cl)CCN(C(=O)OC(C)(C)C)CCCNCC1. The second-order valence-electron chi connectivity index (χ2n) is 10.5. The second kappa shape index (κ2) is 14.5. The van der Waals surface area contributed by atoms with Crippen LogP contribution < -0.4 is 5.32 Å². The Morgan fingerprint density at radius 1 is 0.667 bits per heavy atom. The Labute approximate surface area is 229 Å². The normalized spacial score (nSPS) is 17.8. The van der Waals surface area contributed by atoms with Gasteiger partial charge in [0.05, 0.1) is 0 Å². The summed E-state index contributed by atoms with van der Waals surface area (Å²) in [6, 6.07) is 0. The molecule has 1 aliphatic rings.